The fourth-order valence-electron chi connectivity index (χ4n) is 1.83. The second-order valence-electron chi connectivity index (χ2n) is 6.81. The number of hydrogen-bond acceptors (Lipinski definition) is 3. The highest BCUT2D eigenvalue weighted by Gasteiger charge is 2.24. The lowest BCUT2D eigenvalue weighted by Gasteiger charge is -2.17. The molecule has 0 aromatic heterocycles. The standard InChI is InChI=1S/C17H23N3O3/c1-17(2,3)16(23)18-10-14(21)19-12-6-4-11(5-7-12)15(22)20-13-8-9-13/h4-7,13H,8-10H2,1-3H3,(H,18,23)(H,19,21)(H,20,22). The minimum absolute atomic E-state index is 0.0833. The summed E-state index contributed by atoms with van der Waals surface area (Å²) in [4.78, 5) is 35.4. The first-order valence-corrected chi connectivity index (χ1v) is 7.75. The predicted octanol–water partition coefficient (Wildman–Crippen LogP) is 1.68. The predicted molar refractivity (Wildman–Crippen MR) is 88.0 cm³/mol. The molecule has 0 saturated heterocycles. The van der Waals surface area contributed by atoms with Crippen LogP contribution in [0.3, 0.4) is 0 Å². The van der Waals surface area contributed by atoms with Crippen LogP contribution in [0, 0.1) is 5.41 Å². The van der Waals surface area contributed by atoms with Gasteiger partial charge in [0.2, 0.25) is 11.8 Å². The first kappa shape index (κ1) is 17.0. The number of carbonyl (C=O) groups excluding carboxylic acids is 3. The van der Waals surface area contributed by atoms with Crippen LogP contribution in [0.4, 0.5) is 5.69 Å². The van der Waals surface area contributed by atoms with Gasteiger partial charge in [0.15, 0.2) is 0 Å². The van der Waals surface area contributed by atoms with E-state index in [1.54, 1.807) is 45.0 Å². The summed E-state index contributed by atoms with van der Waals surface area (Å²) in [5, 5.41) is 8.17. The number of benzene rings is 1. The molecule has 6 heteroatoms. The van der Waals surface area contributed by atoms with Crippen LogP contribution in [0.2, 0.25) is 0 Å². The van der Waals surface area contributed by atoms with E-state index in [2.05, 4.69) is 16.0 Å². The van der Waals surface area contributed by atoms with Crippen LogP contribution in [-0.4, -0.2) is 30.3 Å². The second kappa shape index (κ2) is 6.81. The normalized spacial score (nSPS) is 14.0. The zero-order valence-electron chi connectivity index (χ0n) is 13.7. The Balaban J connectivity index is 1.81. The lowest BCUT2D eigenvalue weighted by Crippen LogP contribution is -2.39. The third kappa shape index (κ3) is 5.39. The van der Waals surface area contributed by atoms with E-state index in [-0.39, 0.29) is 24.3 Å². The molecule has 0 heterocycles. The Bertz CT molecular complexity index is 599. The van der Waals surface area contributed by atoms with E-state index in [1.165, 1.54) is 0 Å². The zero-order valence-corrected chi connectivity index (χ0v) is 13.7. The summed E-state index contributed by atoms with van der Waals surface area (Å²) in [5.41, 5.74) is 0.621. The van der Waals surface area contributed by atoms with Gasteiger partial charge in [-0.05, 0) is 37.1 Å². The zero-order chi connectivity index (χ0) is 17.0. The molecule has 6 nitrogen and oxygen atoms in total. The average Bonchev–Trinajstić information content (AvgIpc) is 3.28. The molecule has 3 N–H and O–H groups in total. The molecule has 23 heavy (non-hydrogen) atoms. The number of carbonyl (C=O) groups is 3. The lowest BCUT2D eigenvalue weighted by molar-refractivity contribution is -0.130. The molecule has 2 rings (SSSR count). The molecule has 0 unspecified atom stereocenters. The molecule has 1 aliphatic rings. The Morgan fingerprint density at radius 2 is 1.70 bits per heavy atom. The van der Waals surface area contributed by atoms with Gasteiger partial charge in [0.25, 0.3) is 5.91 Å². The molecule has 1 aromatic rings. The summed E-state index contributed by atoms with van der Waals surface area (Å²) in [5.74, 6) is -0.583. The minimum Gasteiger partial charge on any atom is -0.349 e. The molecule has 3 amide bonds. The molecule has 0 bridgehead atoms. The summed E-state index contributed by atoms with van der Waals surface area (Å²) < 4.78 is 0. The topological polar surface area (TPSA) is 87.3 Å². The van der Waals surface area contributed by atoms with Crippen LogP contribution in [0.15, 0.2) is 24.3 Å². The smallest absolute Gasteiger partial charge is 0.251 e. The molecule has 1 saturated carbocycles. The Hall–Kier alpha value is -2.37. The maximum absolute atomic E-state index is 11.9. The van der Waals surface area contributed by atoms with Gasteiger partial charge in [0, 0.05) is 22.7 Å². The molecule has 0 radical (unpaired) electrons. The van der Waals surface area contributed by atoms with Gasteiger partial charge in [-0.2, -0.15) is 0 Å². The van der Waals surface area contributed by atoms with Gasteiger partial charge < -0.3 is 16.0 Å². The van der Waals surface area contributed by atoms with Gasteiger partial charge in [0.1, 0.15) is 0 Å². The van der Waals surface area contributed by atoms with Crippen molar-refractivity contribution in [3.8, 4) is 0 Å². The van der Waals surface area contributed by atoms with Crippen molar-refractivity contribution in [1.82, 2.24) is 10.6 Å². The summed E-state index contributed by atoms with van der Waals surface area (Å²) in [6.45, 7) is 5.27. The quantitative estimate of drug-likeness (QED) is 0.772. The third-order valence-corrected chi connectivity index (χ3v) is 3.43. The average molecular weight is 317 g/mol. The Labute approximate surface area is 136 Å². The van der Waals surface area contributed by atoms with Crippen LogP contribution in [0.1, 0.15) is 44.0 Å². The van der Waals surface area contributed by atoms with E-state index < -0.39 is 5.41 Å². The highest BCUT2D eigenvalue weighted by atomic mass is 16.2. The number of hydrogen-bond donors (Lipinski definition) is 3. The van der Waals surface area contributed by atoms with Crippen molar-refractivity contribution in [1.29, 1.82) is 0 Å². The highest BCUT2D eigenvalue weighted by Crippen LogP contribution is 2.19. The van der Waals surface area contributed by atoms with Crippen molar-refractivity contribution in [2.75, 3.05) is 11.9 Å². The molecular weight excluding hydrogens is 294 g/mol. The Kier molecular flexibility index (Phi) is 5.03. The van der Waals surface area contributed by atoms with Crippen molar-refractivity contribution >= 4 is 23.4 Å². The summed E-state index contributed by atoms with van der Waals surface area (Å²) in [7, 11) is 0. The van der Waals surface area contributed by atoms with Gasteiger partial charge in [-0.3, -0.25) is 14.4 Å². The number of amides is 3. The van der Waals surface area contributed by atoms with Crippen LogP contribution in [0.5, 0.6) is 0 Å². The molecule has 1 aromatic carbocycles. The van der Waals surface area contributed by atoms with E-state index in [1.807, 2.05) is 0 Å². The third-order valence-electron chi connectivity index (χ3n) is 3.43. The monoisotopic (exact) mass is 317 g/mol. The maximum Gasteiger partial charge on any atom is 0.251 e. The molecule has 1 aliphatic carbocycles. The summed E-state index contributed by atoms with van der Waals surface area (Å²) in [6, 6.07) is 6.99. The van der Waals surface area contributed by atoms with Crippen LogP contribution in [0.25, 0.3) is 0 Å². The number of anilines is 1. The van der Waals surface area contributed by atoms with Gasteiger partial charge in [-0.15, -0.1) is 0 Å². The highest BCUT2D eigenvalue weighted by molar-refractivity contribution is 5.97. The van der Waals surface area contributed by atoms with Crippen LogP contribution in [-0.2, 0) is 9.59 Å². The van der Waals surface area contributed by atoms with Gasteiger partial charge in [0.05, 0.1) is 6.54 Å². The summed E-state index contributed by atoms with van der Waals surface area (Å²) in [6.07, 6.45) is 2.08. The van der Waals surface area contributed by atoms with Gasteiger partial charge in [-0.1, -0.05) is 20.8 Å². The van der Waals surface area contributed by atoms with Crippen molar-refractivity contribution < 1.29 is 14.4 Å². The van der Waals surface area contributed by atoms with Crippen molar-refractivity contribution in [3.05, 3.63) is 29.8 Å². The van der Waals surface area contributed by atoms with Crippen LogP contribution < -0.4 is 16.0 Å². The van der Waals surface area contributed by atoms with Gasteiger partial charge in [-0.25, -0.2) is 0 Å². The van der Waals surface area contributed by atoms with Crippen molar-refractivity contribution in [2.45, 2.75) is 39.7 Å². The molecule has 0 aliphatic heterocycles. The maximum atomic E-state index is 11.9. The van der Waals surface area contributed by atoms with E-state index in [0.29, 0.717) is 17.3 Å². The fourth-order valence-corrected chi connectivity index (χ4v) is 1.83. The van der Waals surface area contributed by atoms with Crippen LogP contribution >= 0.6 is 0 Å². The molecule has 1 fully saturated rings. The fraction of sp³-hybridized carbons (Fsp3) is 0.471. The first-order valence-electron chi connectivity index (χ1n) is 7.75. The number of rotatable bonds is 5. The SMILES string of the molecule is CC(C)(C)C(=O)NCC(=O)Nc1ccc(C(=O)NC2CC2)cc1. The molecule has 124 valence electrons. The van der Waals surface area contributed by atoms with Gasteiger partial charge >= 0.3 is 0 Å². The van der Waals surface area contributed by atoms with E-state index in [9.17, 15) is 14.4 Å². The molecule has 0 atom stereocenters. The van der Waals surface area contributed by atoms with E-state index in [0.717, 1.165) is 12.8 Å². The van der Waals surface area contributed by atoms with E-state index >= 15 is 0 Å². The van der Waals surface area contributed by atoms with Crippen molar-refractivity contribution in [2.24, 2.45) is 5.41 Å². The Morgan fingerprint density at radius 3 is 2.22 bits per heavy atom. The minimum atomic E-state index is -0.531. The largest absolute Gasteiger partial charge is 0.349 e. The Morgan fingerprint density at radius 1 is 1.09 bits per heavy atom. The second-order valence-corrected chi connectivity index (χ2v) is 6.81. The lowest BCUT2D eigenvalue weighted by atomic mass is 9.96. The number of nitrogens with one attached hydrogen (secondary N) is 3. The van der Waals surface area contributed by atoms with E-state index in [4.69, 9.17) is 0 Å². The summed E-state index contributed by atoms with van der Waals surface area (Å²) >= 11 is 0. The van der Waals surface area contributed by atoms with Crippen molar-refractivity contribution in [3.63, 3.8) is 0 Å². The molecule has 0 spiro atoms. The molecular formula is C17H23N3O3. The first-order chi connectivity index (χ1) is 10.8.